The molecule has 1 heterocycles. The highest BCUT2D eigenvalue weighted by Gasteiger charge is 2.23. The van der Waals surface area contributed by atoms with Crippen LogP contribution in [0, 0.1) is 0 Å². The zero-order valence-electron chi connectivity index (χ0n) is 14.5. The van der Waals surface area contributed by atoms with Gasteiger partial charge in [0.1, 0.15) is 17.4 Å². The number of aryl methyl sites for hydroxylation is 1. The number of hydrogen-bond acceptors (Lipinski definition) is 5. The highest BCUT2D eigenvalue weighted by Crippen LogP contribution is 2.33. The van der Waals surface area contributed by atoms with Crippen LogP contribution in [0.15, 0.2) is 27.4 Å². The maximum atomic E-state index is 12.2. The number of hydrogen-bond donors (Lipinski definition) is 2. The fourth-order valence-corrected chi connectivity index (χ4v) is 3.30. The van der Waals surface area contributed by atoms with Crippen LogP contribution in [-0.2, 0) is 12.8 Å². The van der Waals surface area contributed by atoms with Crippen LogP contribution in [0.25, 0.3) is 11.0 Å². The predicted molar refractivity (Wildman–Crippen MR) is 93.5 cm³/mol. The second-order valence-corrected chi connectivity index (χ2v) is 6.78. The molecule has 0 spiro atoms. The molecule has 0 fully saturated rings. The van der Waals surface area contributed by atoms with Crippen molar-refractivity contribution in [1.82, 2.24) is 5.32 Å². The molecule has 0 radical (unpaired) electrons. The van der Waals surface area contributed by atoms with Crippen LogP contribution in [0.5, 0.6) is 5.75 Å². The lowest BCUT2D eigenvalue weighted by molar-refractivity contribution is 0.0227. The number of rotatable bonds is 5. The molecule has 24 heavy (non-hydrogen) atoms. The van der Waals surface area contributed by atoms with Gasteiger partial charge in [0, 0.05) is 11.6 Å². The Labute approximate surface area is 141 Å². The Kier molecular flexibility index (Phi) is 4.92. The van der Waals surface area contributed by atoms with Crippen molar-refractivity contribution >= 4 is 11.0 Å². The number of nitrogens with one attached hydrogen (secondary N) is 1. The minimum absolute atomic E-state index is 0.173. The molecular weight excluding hydrogens is 306 g/mol. The highest BCUT2D eigenvalue weighted by molar-refractivity contribution is 5.88. The Hall–Kier alpha value is -1.85. The first-order valence-corrected chi connectivity index (χ1v) is 8.65. The molecule has 2 unspecified atom stereocenters. The fourth-order valence-electron chi connectivity index (χ4n) is 3.30. The highest BCUT2D eigenvalue weighted by atomic mass is 16.5. The standard InChI is InChI=1S/C19H25NO4/c1-11(2)20-18(12(3)21)23-15-9-6-10-16-17(15)13-7-4-5-8-14(13)19(22)24-16/h6,9-12,18,20-21H,4-5,7-8H2,1-3H3. The molecule has 0 saturated heterocycles. The lowest BCUT2D eigenvalue weighted by Crippen LogP contribution is -2.46. The molecule has 2 N–H and O–H groups in total. The molecule has 0 bridgehead atoms. The Bertz CT molecular complexity index is 779. The fraction of sp³-hybridized carbons (Fsp3) is 0.526. The monoisotopic (exact) mass is 331 g/mol. The van der Waals surface area contributed by atoms with E-state index in [2.05, 4.69) is 5.32 Å². The van der Waals surface area contributed by atoms with Gasteiger partial charge in [0.25, 0.3) is 0 Å². The van der Waals surface area contributed by atoms with Gasteiger partial charge in [0.15, 0.2) is 6.23 Å². The second-order valence-electron chi connectivity index (χ2n) is 6.78. The van der Waals surface area contributed by atoms with Crippen LogP contribution in [0.1, 0.15) is 44.7 Å². The first-order chi connectivity index (χ1) is 11.5. The second kappa shape index (κ2) is 6.95. The van der Waals surface area contributed by atoms with Gasteiger partial charge in [0.2, 0.25) is 0 Å². The first-order valence-electron chi connectivity index (χ1n) is 8.65. The summed E-state index contributed by atoms with van der Waals surface area (Å²) in [6, 6.07) is 5.65. The van der Waals surface area contributed by atoms with E-state index in [1.165, 1.54) is 0 Å². The van der Waals surface area contributed by atoms with Gasteiger partial charge < -0.3 is 14.3 Å². The summed E-state index contributed by atoms with van der Waals surface area (Å²) in [4.78, 5) is 12.2. The van der Waals surface area contributed by atoms with Crippen LogP contribution in [-0.4, -0.2) is 23.5 Å². The third kappa shape index (κ3) is 3.32. The van der Waals surface area contributed by atoms with Gasteiger partial charge in [-0.15, -0.1) is 0 Å². The zero-order valence-corrected chi connectivity index (χ0v) is 14.5. The van der Waals surface area contributed by atoms with Crippen molar-refractivity contribution in [1.29, 1.82) is 0 Å². The third-order valence-electron chi connectivity index (χ3n) is 4.40. The smallest absolute Gasteiger partial charge is 0.339 e. The maximum absolute atomic E-state index is 12.2. The van der Waals surface area contributed by atoms with Gasteiger partial charge in [0.05, 0.1) is 5.39 Å². The maximum Gasteiger partial charge on any atom is 0.339 e. The zero-order chi connectivity index (χ0) is 17.3. The number of aliphatic hydroxyl groups excluding tert-OH is 1. The summed E-state index contributed by atoms with van der Waals surface area (Å²) in [6.07, 6.45) is 2.48. The minimum atomic E-state index is -0.672. The van der Waals surface area contributed by atoms with Gasteiger partial charge in [-0.2, -0.15) is 0 Å². The van der Waals surface area contributed by atoms with E-state index in [-0.39, 0.29) is 11.7 Å². The molecule has 1 aliphatic rings. The number of ether oxygens (including phenoxy) is 1. The summed E-state index contributed by atoms with van der Waals surface area (Å²) < 4.78 is 11.6. The normalized spacial score (nSPS) is 16.9. The average Bonchev–Trinajstić information content (AvgIpc) is 2.54. The molecule has 0 saturated carbocycles. The van der Waals surface area contributed by atoms with Gasteiger partial charge in [-0.1, -0.05) is 6.07 Å². The Morgan fingerprint density at radius 2 is 1.88 bits per heavy atom. The van der Waals surface area contributed by atoms with Crippen molar-refractivity contribution in [2.45, 2.75) is 64.8 Å². The SMILES string of the molecule is CC(C)NC(Oc1cccc2oc(=O)c3c(c12)CCCC3)C(C)O. The number of fused-ring (bicyclic) bond motifs is 3. The van der Waals surface area contributed by atoms with Crippen molar-refractivity contribution in [2.75, 3.05) is 0 Å². The topological polar surface area (TPSA) is 71.7 Å². The van der Waals surface area contributed by atoms with E-state index >= 15 is 0 Å². The number of aliphatic hydroxyl groups is 1. The van der Waals surface area contributed by atoms with Gasteiger partial charge in [-0.25, -0.2) is 4.79 Å². The lowest BCUT2D eigenvalue weighted by Gasteiger charge is -2.26. The molecule has 0 amide bonds. The summed E-state index contributed by atoms with van der Waals surface area (Å²) >= 11 is 0. The van der Waals surface area contributed by atoms with E-state index in [1.54, 1.807) is 13.0 Å². The quantitative estimate of drug-likeness (QED) is 0.651. The Morgan fingerprint density at radius 3 is 2.54 bits per heavy atom. The van der Waals surface area contributed by atoms with Crippen molar-refractivity contribution in [2.24, 2.45) is 0 Å². The summed E-state index contributed by atoms with van der Waals surface area (Å²) in [5.41, 5.74) is 2.13. The van der Waals surface area contributed by atoms with E-state index in [9.17, 15) is 9.90 Å². The average molecular weight is 331 g/mol. The van der Waals surface area contributed by atoms with Crippen LogP contribution in [0.4, 0.5) is 0 Å². The Balaban J connectivity index is 2.09. The minimum Gasteiger partial charge on any atom is -0.472 e. The molecule has 3 rings (SSSR count). The molecule has 0 aliphatic heterocycles. The number of benzene rings is 1. The summed E-state index contributed by atoms with van der Waals surface area (Å²) in [7, 11) is 0. The summed E-state index contributed by atoms with van der Waals surface area (Å²) in [5, 5.41) is 14.1. The molecule has 1 aromatic carbocycles. The third-order valence-corrected chi connectivity index (χ3v) is 4.40. The van der Waals surface area contributed by atoms with Crippen LogP contribution in [0.2, 0.25) is 0 Å². The molecule has 5 nitrogen and oxygen atoms in total. The molecule has 5 heteroatoms. The van der Waals surface area contributed by atoms with Gasteiger partial charge in [-0.3, -0.25) is 5.32 Å². The first kappa shape index (κ1) is 17.0. The van der Waals surface area contributed by atoms with Gasteiger partial charge in [-0.05, 0) is 64.2 Å². The molecular formula is C19H25NO4. The van der Waals surface area contributed by atoms with Crippen molar-refractivity contribution < 1.29 is 14.3 Å². The largest absolute Gasteiger partial charge is 0.472 e. The molecule has 130 valence electrons. The molecule has 1 aromatic heterocycles. The van der Waals surface area contributed by atoms with Gasteiger partial charge >= 0.3 is 5.63 Å². The van der Waals surface area contributed by atoms with E-state index in [0.717, 1.165) is 42.2 Å². The predicted octanol–water partition coefficient (Wildman–Crippen LogP) is 2.76. The molecule has 1 aliphatic carbocycles. The van der Waals surface area contributed by atoms with Crippen LogP contribution < -0.4 is 15.7 Å². The van der Waals surface area contributed by atoms with Crippen LogP contribution in [0.3, 0.4) is 0 Å². The summed E-state index contributed by atoms with van der Waals surface area (Å²) in [6.45, 7) is 5.70. The van der Waals surface area contributed by atoms with Crippen molar-refractivity contribution in [3.05, 3.63) is 39.7 Å². The van der Waals surface area contributed by atoms with E-state index < -0.39 is 12.3 Å². The lowest BCUT2D eigenvalue weighted by atomic mass is 9.90. The molecule has 2 atom stereocenters. The summed E-state index contributed by atoms with van der Waals surface area (Å²) in [5.74, 6) is 0.647. The van der Waals surface area contributed by atoms with Crippen LogP contribution >= 0.6 is 0 Å². The molecule has 2 aromatic rings. The van der Waals surface area contributed by atoms with E-state index in [4.69, 9.17) is 9.15 Å². The van der Waals surface area contributed by atoms with E-state index in [0.29, 0.717) is 11.3 Å². The van der Waals surface area contributed by atoms with Crippen molar-refractivity contribution in [3.63, 3.8) is 0 Å². The Morgan fingerprint density at radius 1 is 1.17 bits per heavy atom. The van der Waals surface area contributed by atoms with E-state index in [1.807, 2.05) is 26.0 Å². The van der Waals surface area contributed by atoms with Crippen molar-refractivity contribution in [3.8, 4) is 5.75 Å².